The fourth-order valence-corrected chi connectivity index (χ4v) is 8.03. The molecule has 4 aliphatic rings. The molecule has 0 aliphatic heterocycles. The van der Waals surface area contributed by atoms with Crippen molar-refractivity contribution in [1.29, 1.82) is 0 Å². The molecule has 3 fully saturated rings. The first kappa shape index (κ1) is 21.4. The first-order valence-corrected chi connectivity index (χ1v) is 12.6. The van der Waals surface area contributed by atoms with Crippen LogP contribution in [0.15, 0.2) is 23.8 Å². The molecule has 3 saturated carbocycles. The van der Waals surface area contributed by atoms with E-state index in [2.05, 4.69) is 59.8 Å². The maximum atomic E-state index is 13.2. The van der Waals surface area contributed by atoms with Crippen molar-refractivity contribution in [2.24, 2.45) is 52.3 Å². The van der Waals surface area contributed by atoms with Crippen LogP contribution in [-0.2, 0) is 4.79 Å². The fraction of sp³-hybridized carbons (Fsp3) is 0.821. The van der Waals surface area contributed by atoms with E-state index in [-0.39, 0.29) is 5.41 Å². The number of fused-ring (bicyclic) bond motifs is 5. The lowest BCUT2D eigenvalue weighted by atomic mass is 9.47. The Balaban J connectivity index is 1.59. The summed E-state index contributed by atoms with van der Waals surface area (Å²) < 4.78 is 0. The fourth-order valence-electron chi connectivity index (χ4n) is 8.03. The third-order valence-electron chi connectivity index (χ3n) is 10.3. The first-order chi connectivity index (χ1) is 13.7. The van der Waals surface area contributed by atoms with Crippen LogP contribution in [-0.4, -0.2) is 5.78 Å². The van der Waals surface area contributed by atoms with Crippen molar-refractivity contribution in [2.75, 3.05) is 0 Å². The highest BCUT2D eigenvalue weighted by Crippen LogP contribution is 2.66. The minimum Gasteiger partial charge on any atom is -0.295 e. The third-order valence-corrected chi connectivity index (χ3v) is 10.3. The van der Waals surface area contributed by atoms with E-state index in [4.69, 9.17) is 0 Å². The van der Waals surface area contributed by atoms with Crippen molar-refractivity contribution in [3.8, 4) is 0 Å². The van der Waals surface area contributed by atoms with Crippen LogP contribution in [0.3, 0.4) is 0 Å². The molecule has 8 atom stereocenters. The molecule has 0 aromatic rings. The molecule has 0 saturated heterocycles. The summed E-state index contributed by atoms with van der Waals surface area (Å²) in [5.74, 6) is 4.87. The summed E-state index contributed by atoms with van der Waals surface area (Å²) in [7, 11) is 0. The molecule has 0 radical (unpaired) electrons. The Morgan fingerprint density at radius 3 is 2.31 bits per heavy atom. The van der Waals surface area contributed by atoms with Gasteiger partial charge in [0.15, 0.2) is 5.78 Å². The molecule has 1 unspecified atom stereocenters. The number of hydrogen-bond donors (Lipinski definition) is 0. The number of allylic oxidation sites excluding steroid dienone is 4. The highest BCUT2D eigenvalue weighted by Gasteiger charge is 2.58. The number of carbonyl (C=O) groups is 1. The van der Waals surface area contributed by atoms with Gasteiger partial charge in [-0.2, -0.15) is 0 Å². The molecule has 4 aliphatic carbocycles. The van der Waals surface area contributed by atoms with Gasteiger partial charge < -0.3 is 0 Å². The monoisotopic (exact) mass is 396 g/mol. The summed E-state index contributed by atoms with van der Waals surface area (Å²) in [6.07, 6.45) is 17.5. The van der Waals surface area contributed by atoms with Crippen molar-refractivity contribution in [3.63, 3.8) is 0 Å². The quantitative estimate of drug-likeness (QED) is 0.447. The Hall–Kier alpha value is -0.850. The molecule has 0 N–H and O–H groups in total. The number of carbonyl (C=O) groups excluding carboxylic acids is 1. The molecule has 1 nitrogen and oxygen atoms in total. The molecular formula is C28H44O. The van der Waals surface area contributed by atoms with E-state index in [1.54, 1.807) is 5.57 Å². The maximum absolute atomic E-state index is 13.2. The normalized spacial score (nSPS) is 44.2. The van der Waals surface area contributed by atoms with E-state index in [0.29, 0.717) is 46.7 Å². The van der Waals surface area contributed by atoms with E-state index in [1.165, 1.54) is 44.9 Å². The molecule has 29 heavy (non-hydrogen) atoms. The predicted molar refractivity (Wildman–Crippen MR) is 123 cm³/mol. The Morgan fingerprint density at radius 1 is 0.862 bits per heavy atom. The molecule has 162 valence electrons. The molecule has 0 aromatic heterocycles. The van der Waals surface area contributed by atoms with Crippen LogP contribution < -0.4 is 0 Å². The second kappa shape index (κ2) is 7.69. The smallest absolute Gasteiger partial charge is 0.159 e. The lowest BCUT2D eigenvalue weighted by Gasteiger charge is -2.56. The zero-order valence-electron chi connectivity index (χ0n) is 19.8. The van der Waals surface area contributed by atoms with E-state index in [1.807, 2.05) is 0 Å². The van der Waals surface area contributed by atoms with Crippen molar-refractivity contribution >= 4 is 5.78 Å². The van der Waals surface area contributed by atoms with Gasteiger partial charge in [0.25, 0.3) is 0 Å². The third kappa shape index (κ3) is 3.39. The van der Waals surface area contributed by atoms with Gasteiger partial charge in [-0.15, -0.1) is 0 Å². The van der Waals surface area contributed by atoms with E-state index >= 15 is 0 Å². The summed E-state index contributed by atoms with van der Waals surface area (Å²) >= 11 is 0. The van der Waals surface area contributed by atoms with Gasteiger partial charge in [0.1, 0.15) is 0 Å². The minimum absolute atomic E-state index is 0.247. The van der Waals surface area contributed by atoms with Crippen LogP contribution in [0, 0.1) is 52.3 Å². The Bertz CT molecular complexity index is 699. The zero-order valence-corrected chi connectivity index (χ0v) is 19.8. The van der Waals surface area contributed by atoms with Crippen LogP contribution in [0.5, 0.6) is 0 Å². The molecule has 4 rings (SSSR count). The summed E-state index contributed by atoms with van der Waals surface area (Å²) in [5, 5.41) is 0. The first-order valence-electron chi connectivity index (χ1n) is 12.6. The molecule has 0 aromatic carbocycles. The van der Waals surface area contributed by atoms with E-state index in [9.17, 15) is 4.79 Å². The van der Waals surface area contributed by atoms with Crippen LogP contribution in [0.25, 0.3) is 0 Å². The summed E-state index contributed by atoms with van der Waals surface area (Å²) in [4.78, 5) is 13.2. The minimum atomic E-state index is 0.247. The number of rotatable bonds is 4. The Labute approximate surface area is 179 Å². The van der Waals surface area contributed by atoms with Crippen LogP contribution >= 0.6 is 0 Å². The number of hydrogen-bond acceptors (Lipinski definition) is 1. The molecule has 0 spiro atoms. The van der Waals surface area contributed by atoms with Crippen LogP contribution in [0.2, 0.25) is 0 Å². The van der Waals surface area contributed by atoms with Crippen LogP contribution in [0.1, 0.15) is 92.9 Å². The number of ketones is 1. The van der Waals surface area contributed by atoms with Gasteiger partial charge in [-0.1, -0.05) is 72.1 Å². The van der Waals surface area contributed by atoms with Gasteiger partial charge in [0, 0.05) is 5.92 Å². The molecular weight excluding hydrogens is 352 g/mol. The van der Waals surface area contributed by atoms with Gasteiger partial charge in [-0.3, -0.25) is 4.79 Å². The maximum Gasteiger partial charge on any atom is 0.159 e. The summed E-state index contributed by atoms with van der Waals surface area (Å²) in [5.41, 5.74) is 2.21. The van der Waals surface area contributed by atoms with Gasteiger partial charge in [0.05, 0.1) is 0 Å². The Kier molecular flexibility index (Phi) is 5.67. The molecule has 1 heteroatoms. The Morgan fingerprint density at radius 2 is 1.59 bits per heavy atom. The van der Waals surface area contributed by atoms with Gasteiger partial charge in [-0.05, 0) is 90.9 Å². The lowest BCUT2D eigenvalue weighted by Crippen LogP contribution is -2.51. The largest absolute Gasteiger partial charge is 0.295 e. The second-order valence-electron chi connectivity index (χ2n) is 12.0. The standard InChI is InChI=1S/C28H44O/c1-18(2)19(3)10-11-20(4)22-12-13-23-21-17-26(29)25-9-7-8-15-27(25,5)24(21)14-16-28(22,23)6/h10-11,17-20,22-25H,7-9,12-16H2,1-6H3/t19-,20+,22+,23-,24-,25?,27+,28+/m0/s1. The lowest BCUT2D eigenvalue weighted by molar-refractivity contribution is -0.128. The SMILES string of the molecule is CC(C)[C@@H](C)C=C[C@@H](C)[C@H]1CC[C@H]2C3=CC(=O)C4CCCC[C@]4(C)[C@H]3CC[C@]12C. The van der Waals surface area contributed by atoms with Crippen molar-refractivity contribution < 1.29 is 4.79 Å². The topological polar surface area (TPSA) is 17.1 Å². The van der Waals surface area contributed by atoms with Gasteiger partial charge in [-0.25, -0.2) is 0 Å². The molecule has 0 heterocycles. The average molecular weight is 397 g/mol. The second-order valence-corrected chi connectivity index (χ2v) is 12.0. The van der Waals surface area contributed by atoms with Crippen molar-refractivity contribution in [2.45, 2.75) is 92.9 Å². The highest BCUT2D eigenvalue weighted by atomic mass is 16.1. The molecule has 0 bridgehead atoms. The predicted octanol–water partition coefficient (Wildman–Crippen LogP) is 7.62. The average Bonchev–Trinajstić information content (AvgIpc) is 3.03. The van der Waals surface area contributed by atoms with Gasteiger partial charge in [0.2, 0.25) is 0 Å². The van der Waals surface area contributed by atoms with E-state index < -0.39 is 0 Å². The van der Waals surface area contributed by atoms with E-state index in [0.717, 1.165) is 12.3 Å². The zero-order chi connectivity index (χ0) is 21.0. The highest BCUT2D eigenvalue weighted by molar-refractivity contribution is 5.94. The molecule has 0 amide bonds. The van der Waals surface area contributed by atoms with Gasteiger partial charge >= 0.3 is 0 Å². The van der Waals surface area contributed by atoms with Crippen molar-refractivity contribution in [1.82, 2.24) is 0 Å². The van der Waals surface area contributed by atoms with Crippen LogP contribution in [0.4, 0.5) is 0 Å². The summed E-state index contributed by atoms with van der Waals surface area (Å²) in [6.45, 7) is 14.5. The van der Waals surface area contributed by atoms with Crippen molar-refractivity contribution in [3.05, 3.63) is 23.8 Å². The summed E-state index contributed by atoms with van der Waals surface area (Å²) in [6, 6.07) is 0.